The van der Waals surface area contributed by atoms with Crippen LogP contribution in [0.3, 0.4) is 0 Å². The number of anilines is 1. The summed E-state index contributed by atoms with van der Waals surface area (Å²) in [6, 6.07) is 5.75. The summed E-state index contributed by atoms with van der Waals surface area (Å²) in [5.41, 5.74) is 2.68. The molecule has 0 radical (unpaired) electrons. The number of nitrogens with one attached hydrogen (secondary N) is 1. The molecule has 1 aliphatic carbocycles. The van der Waals surface area contributed by atoms with E-state index in [4.69, 9.17) is 4.74 Å². The summed E-state index contributed by atoms with van der Waals surface area (Å²) in [5.74, 6) is -0.876. The van der Waals surface area contributed by atoms with Crippen molar-refractivity contribution in [3.63, 3.8) is 0 Å². The highest BCUT2D eigenvalue weighted by Crippen LogP contribution is 2.21. The van der Waals surface area contributed by atoms with Gasteiger partial charge < -0.3 is 15.0 Å². The molecule has 6 heteroatoms. The van der Waals surface area contributed by atoms with Crippen molar-refractivity contribution in [3.05, 3.63) is 41.5 Å². The number of carbonyl (C=O) groups is 3. The Bertz CT molecular complexity index is 692. The van der Waals surface area contributed by atoms with Crippen LogP contribution in [-0.4, -0.2) is 42.9 Å². The summed E-state index contributed by atoms with van der Waals surface area (Å²) in [4.78, 5) is 37.3. The Hall–Kier alpha value is -2.63. The van der Waals surface area contributed by atoms with E-state index in [1.54, 1.807) is 0 Å². The van der Waals surface area contributed by atoms with Crippen molar-refractivity contribution in [2.75, 3.05) is 25.5 Å². The van der Waals surface area contributed by atoms with Crippen molar-refractivity contribution < 1.29 is 19.1 Å². The minimum absolute atomic E-state index is 0.102. The second-order valence-electron chi connectivity index (χ2n) is 6.70. The third-order valence-electron chi connectivity index (χ3n) is 4.45. The summed E-state index contributed by atoms with van der Waals surface area (Å²) < 4.78 is 5.03. The molecule has 0 spiro atoms. The predicted molar refractivity (Wildman–Crippen MR) is 99.6 cm³/mol. The number of esters is 1. The molecule has 26 heavy (non-hydrogen) atoms. The van der Waals surface area contributed by atoms with Crippen molar-refractivity contribution >= 4 is 23.5 Å². The standard InChI is InChI=1S/C20H26N2O4/c1-14-7-6-8-15(2)20(14)21-17(23)12-22(3)18(24)13-26-19(25)11-16-9-4-5-10-16/h4,6-9,16H,5,10-13H2,1-3H3,(H,21,23)/t16-/m1/s1. The van der Waals surface area contributed by atoms with E-state index in [0.717, 1.165) is 29.7 Å². The molecule has 0 unspecified atom stereocenters. The average molecular weight is 358 g/mol. The van der Waals surface area contributed by atoms with Crippen LogP contribution in [0.1, 0.15) is 30.4 Å². The number of ether oxygens (including phenoxy) is 1. The molecule has 1 aromatic carbocycles. The minimum Gasteiger partial charge on any atom is -0.456 e. The Labute approximate surface area is 154 Å². The number of carbonyl (C=O) groups excluding carboxylic acids is 3. The molecule has 6 nitrogen and oxygen atoms in total. The highest BCUT2D eigenvalue weighted by atomic mass is 16.5. The molecule has 140 valence electrons. The fourth-order valence-corrected chi connectivity index (χ4v) is 2.88. The van der Waals surface area contributed by atoms with E-state index in [1.807, 2.05) is 44.2 Å². The van der Waals surface area contributed by atoms with Crippen LogP contribution >= 0.6 is 0 Å². The van der Waals surface area contributed by atoms with Gasteiger partial charge in [-0.1, -0.05) is 30.4 Å². The van der Waals surface area contributed by atoms with E-state index in [-0.39, 0.29) is 30.9 Å². The summed E-state index contributed by atoms with van der Waals surface area (Å²) in [6.07, 6.45) is 6.27. The summed E-state index contributed by atoms with van der Waals surface area (Å²) >= 11 is 0. The van der Waals surface area contributed by atoms with Gasteiger partial charge in [0.25, 0.3) is 5.91 Å². The van der Waals surface area contributed by atoms with Gasteiger partial charge in [-0.05, 0) is 43.7 Å². The van der Waals surface area contributed by atoms with Gasteiger partial charge in [0.1, 0.15) is 0 Å². The fraction of sp³-hybridized carbons (Fsp3) is 0.450. The molecule has 0 aromatic heterocycles. The zero-order valence-electron chi connectivity index (χ0n) is 15.6. The largest absolute Gasteiger partial charge is 0.456 e. The van der Waals surface area contributed by atoms with Crippen LogP contribution in [0.15, 0.2) is 30.4 Å². The van der Waals surface area contributed by atoms with Gasteiger partial charge in [-0.3, -0.25) is 14.4 Å². The smallest absolute Gasteiger partial charge is 0.306 e. The Morgan fingerprint density at radius 2 is 1.92 bits per heavy atom. The zero-order chi connectivity index (χ0) is 19.1. The normalized spacial score (nSPS) is 15.6. The number of aryl methyl sites for hydroxylation is 2. The highest BCUT2D eigenvalue weighted by molar-refractivity contribution is 5.96. The Kier molecular flexibility index (Phi) is 6.95. The first-order chi connectivity index (χ1) is 12.4. The number of amides is 2. The molecule has 0 heterocycles. The number of benzene rings is 1. The van der Waals surface area contributed by atoms with Crippen LogP contribution in [0.4, 0.5) is 5.69 Å². The second kappa shape index (κ2) is 9.17. The maximum atomic E-state index is 12.2. The molecule has 0 saturated heterocycles. The van der Waals surface area contributed by atoms with Gasteiger partial charge in [-0.2, -0.15) is 0 Å². The lowest BCUT2D eigenvalue weighted by molar-refractivity contribution is -0.152. The predicted octanol–water partition coefficient (Wildman–Crippen LogP) is 2.60. The lowest BCUT2D eigenvalue weighted by Gasteiger charge is -2.18. The van der Waals surface area contributed by atoms with Gasteiger partial charge in [0, 0.05) is 12.7 Å². The molecule has 0 aliphatic heterocycles. The zero-order valence-corrected chi connectivity index (χ0v) is 15.6. The van der Waals surface area contributed by atoms with Crippen molar-refractivity contribution in [2.24, 2.45) is 5.92 Å². The van der Waals surface area contributed by atoms with Crippen LogP contribution in [0.5, 0.6) is 0 Å². The van der Waals surface area contributed by atoms with Gasteiger partial charge in [-0.25, -0.2) is 0 Å². The molecular weight excluding hydrogens is 332 g/mol. The SMILES string of the molecule is Cc1cccc(C)c1NC(=O)CN(C)C(=O)COC(=O)C[C@@H]1C=CCC1. The van der Waals surface area contributed by atoms with Gasteiger partial charge in [-0.15, -0.1) is 0 Å². The van der Waals surface area contributed by atoms with E-state index >= 15 is 0 Å². The first-order valence-corrected chi connectivity index (χ1v) is 8.79. The van der Waals surface area contributed by atoms with E-state index in [0.29, 0.717) is 6.42 Å². The Morgan fingerprint density at radius 3 is 2.54 bits per heavy atom. The lowest BCUT2D eigenvalue weighted by Crippen LogP contribution is -2.37. The van der Waals surface area contributed by atoms with Crippen molar-refractivity contribution in [1.29, 1.82) is 0 Å². The number of nitrogens with zero attached hydrogens (tertiary/aromatic N) is 1. The minimum atomic E-state index is -0.406. The molecule has 0 fully saturated rings. The van der Waals surface area contributed by atoms with Crippen LogP contribution < -0.4 is 5.32 Å². The third-order valence-corrected chi connectivity index (χ3v) is 4.45. The van der Waals surface area contributed by atoms with E-state index in [9.17, 15) is 14.4 Å². The molecule has 1 aromatic rings. The molecule has 0 saturated carbocycles. The maximum absolute atomic E-state index is 12.2. The van der Waals surface area contributed by atoms with E-state index < -0.39 is 5.91 Å². The molecular formula is C20H26N2O4. The van der Waals surface area contributed by atoms with Crippen LogP contribution in [0.25, 0.3) is 0 Å². The highest BCUT2D eigenvalue weighted by Gasteiger charge is 2.18. The maximum Gasteiger partial charge on any atom is 0.306 e. The summed E-state index contributed by atoms with van der Waals surface area (Å²) in [5, 5.41) is 2.83. The first kappa shape index (κ1) is 19.7. The van der Waals surface area contributed by atoms with Crippen LogP contribution in [0, 0.1) is 19.8 Å². The van der Waals surface area contributed by atoms with E-state index in [2.05, 4.69) is 5.32 Å². The molecule has 1 N–H and O–H groups in total. The summed E-state index contributed by atoms with van der Waals surface area (Å²) in [7, 11) is 1.51. The molecule has 2 rings (SSSR count). The number of rotatable bonds is 7. The van der Waals surface area contributed by atoms with Crippen LogP contribution in [0.2, 0.25) is 0 Å². The van der Waals surface area contributed by atoms with Gasteiger partial charge >= 0.3 is 5.97 Å². The Balaban J connectivity index is 1.76. The quantitative estimate of drug-likeness (QED) is 0.600. The van der Waals surface area contributed by atoms with Crippen LogP contribution in [-0.2, 0) is 19.1 Å². The van der Waals surface area contributed by atoms with Gasteiger partial charge in [0.2, 0.25) is 5.91 Å². The van der Waals surface area contributed by atoms with E-state index in [1.165, 1.54) is 11.9 Å². The van der Waals surface area contributed by atoms with Gasteiger partial charge in [0.15, 0.2) is 6.61 Å². The molecule has 1 atom stereocenters. The fourth-order valence-electron chi connectivity index (χ4n) is 2.88. The summed E-state index contributed by atoms with van der Waals surface area (Å²) in [6.45, 7) is 3.38. The molecule has 1 aliphatic rings. The van der Waals surface area contributed by atoms with Gasteiger partial charge in [0.05, 0.1) is 13.0 Å². The number of likely N-dealkylation sites (N-methyl/N-ethyl adjacent to an activating group) is 1. The number of para-hydroxylation sites is 1. The van der Waals surface area contributed by atoms with Crippen molar-refractivity contribution in [1.82, 2.24) is 4.90 Å². The number of hydrogen-bond acceptors (Lipinski definition) is 4. The monoisotopic (exact) mass is 358 g/mol. The molecule has 2 amide bonds. The third kappa shape index (κ3) is 5.72. The number of allylic oxidation sites excluding steroid dienone is 2. The lowest BCUT2D eigenvalue weighted by atomic mass is 10.1. The first-order valence-electron chi connectivity index (χ1n) is 8.79. The van der Waals surface area contributed by atoms with Crippen molar-refractivity contribution in [3.8, 4) is 0 Å². The topological polar surface area (TPSA) is 75.7 Å². The average Bonchev–Trinajstić information content (AvgIpc) is 3.09. The number of hydrogen-bond donors (Lipinski definition) is 1. The Morgan fingerprint density at radius 1 is 1.23 bits per heavy atom. The second-order valence-corrected chi connectivity index (χ2v) is 6.70. The van der Waals surface area contributed by atoms with Crippen molar-refractivity contribution in [2.45, 2.75) is 33.1 Å². The molecule has 0 bridgehead atoms.